The number of esters is 2. The maximum Gasteiger partial charge on any atom is 0.314 e. The number of nitrogens with zero attached hydrogens (tertiary/aromatic N) is 5. The standard InChI is InChI=1S/C76H105N9O22S/c1-16-42(4)51(38-61(91)76(11,12)82(13)14)73(100)83(15)54(41(2)3)39-60(106-48(10)86)72-81-53(40-108-72)71(99)79-50(33-44(6)74(101)102)36-49-21-22-59-52(37-49)80-70(98)43(5)34-57(89)46(8)77-62(92)27-31-104-29-17-19-55(87)68(84-64(94)23-24-65(84)95)69(85-66(96)25-26-67(85)97)56(88)20-18-30-105-32-28-63(93)78-47(9)58(90)35-45(7)75(103)107-59/h21-26,37,40-47,50-51,54,60,68-69H,16-20,27-36,38-39H2,1-15H3,(H,77,92)(H,78,93)(H,79,99)(H,80,98)(H,101,102)/t42-,43?,44?,45?,46?,47?,50+,51-,54+,60+,68?,69?/m0/s1. The number of ether oxygens (including phenoxy) is 4. The number of anilines is 1. The van der Waals surface area contributed by atoms with Crippen molar-refractivity contribution in [3.05, 3.63) is 64.1 Å². The van der Waals surface area contributed by atoms with Crippen molar-refractivity contribution in [1.29, 1.82) is 0 Å². The van der Waals surface area contributed by atoms with Crippen LogP contribution in [-0.4, -0.2) is 219 Å². The van der Waals surface area contributed by atoms with Crippen molar-refractivity contribution in [2.75, 3.05) is 52.9 Å². The fourth-order valence-corrected chi connectivity index (χ4v) is 13.2. The smallest absolute Gasteiger partial charge is 0.314 e. The Morgan fingerprint density at radius 3 is 1.69 bits per heavy atom. The van der Waals surface area contributed by atoms with Crippen molar-refractivity contribution < 1.29 is 106 Å². The number of ketones is 5. The van der Waals surface area contributed by atoms with E-state index in [1.54, 1.807) is 44.8 Å². The van der Waals surface area contributed by atoms with Crippen LogP contribution in [0.5, 0.6) is 5.75 Å². The molecule has 1 aromatic heterocycles. The summed E-state index contributed by atoms with van der Waals surface area (Å²) < 4.78 is 22.9. The first kappa shape index (κ1) is 89.2. The van der Waals surface area contributed by atoms with Gasteiger partial charge in [-0.15, -0.1) is 11.3 Å². The highest BCUT2D eigenvalue weighted by Gasteiger charge is 2.50. The van der Waals surface area contributed by atoms with Crippen LogP contribution in [0.2, 0.25) is 0 Å². The zero-order valence-electron chi connectivity index (χ0n) is 64.3. The Morgan fingerprint density at radius 1 is 0.713 bits per heavy atom. The number of hydrogen-bond acceptors (Lipinski definition) is 24. The van der Waals surface area contributed by atoms with E-state index in [-0.39, 0.29) is 123 Å². The van der Waals surface area contributed by atoms with Gasteiger partial charge in [0.25, 0.3) is 29.5 Å². The Morgan fingerprint density at radius 2 is 1.22 bits per heavy atom. The van der Waals surface area contributed by atoms with Crippen molar-refractivity contribution in [1.82, 2.24) is 40.5 Å². The Balaban J connectivity index is 1.39. The SMILES string of the molecule is CC[C@H](C)[C@H](CC(=O)C(C)(C)N(C)C)C(=O)N(C)[C@H](C[C@@H](OC(C)=O)c1nc(C(=O)N[C@@H](Cc2ccc3c(c2)NC(=O)C(C)CC(=O)C(C)NC(=O)CCOCCCC(=O)C(N2C(=O)C=CC2=O)C(N2C(=O)C=CC2=O)C(=O)CCCOCCC(=O)NC(C)C(=O)CC(C)C(=O)O3)CC(C)C(=O)O)cs1)C(C)C. The number of hydrogen-bond donors (Lipinski definition) is 5. The molecular formula is C76H105N9O22S. The number of fused-ring (bicyclic) bond motifs is 1. The van der Waals surface area contributed by atoms with E-state index in [0.717, 1.165) is 35.6 Å². The molecule has 4 heterocycles. The maximum atomic E-state index is 14.5. The number of Topliss-reactive ketones (excluding diaryl/α,β-unsaturated/α-hetero) is 5. The van der Waals surface area contributed by atoms with Crippen LogP contribution in [0.25, 0.3) is 0 Å². The molecule has 2 aromatic rings. The molecule has 0 saturated carbocycles. The summed E-state index contributed by atoms with van der Waals surface area (Å²) in [5.74, 6) is -17.3. The Hall–Kier alpha value is -9.40. The van der Waals surface area contributed by atoms with Gasteiger partial charge in [-0.2, -0.15) is 0 Å². The molecule has 1 aromatic carbocycles. The van der Waals surface area contributed by atoms with Gasteiger partial charge in [-0.25, -0.2) is 4.98 Å². The monoisotopic (exact) mass is 1530 g/mol. The third-order valence-corrected chi connectivity index (χ3v) is 20.7. The number of nitrogens with one attached hydrogen (secondary N) is 4. The van der Waals surface area contributed by atoms with Crippen LogP contribution in [0.15, 0.2) is 47.9 Å². The lowest BCUT2D eigenvalue weighted by Crippen LogP contribution is -2.61. The molecule has 0 saturated heterocycles. The molecule has 12 atom stereocenters. The average Bonchev–Trinajstić information content (AvgIpc) is 1.55. The summed E-state index contributed by atoms with van der Waals surface area (Å²) in [4.78, 5) is 239. The number of rotatable bonds is 22. The largest absolute Gasteiger partial charge is 0.481 e. The third-order valence-electron chi connectivity index (χ3n) is 19.8. The van der Waals surface area contributed by atoms with E-state index < -0.39 is 186 Å². The molecule has 0 spiro atoms. The molecular weight excluding hydrogens is 1420 g/mol. The van der Waals surface area contributed by atoms with Crippen LogP contribution in [0.3, 0.4) is 0 Å². The number of carbonyl (C=O) groups is 17. The van der Waals surface area contributed by atoms with Gasteiger partial charge in [0.15, 0.2) is 40.8 Å². The summed E-state index contributed by atoms with van der Waals surface area (Å²) in [6, 6.07) is -3.43. The van der Waals surface area contributed by atoms with E-state index in [9.17, 15) is 86.6 Å². The van der Waals surface area contributed by atoms with Crippen LogP contribution in [0.4, 0.5) is 5.69 Å². The molecule has 9 amide bonds. The fourth-order valence-electron chi connectivity index (χ4n) is 12.3. The predicted octanol–water partition coefficient (Wildman–Crippen LogP) is 5.19. The molecule has 0 bridgehead atoms. The van der Waals surface area contributed by atoms with Crippen LogP contribution >= 0.6 is 11.3 Å². The summed E-state index contributed by atoms with van der Waals surface area (Å²) in [5, 5.41) is 22.5. The van der Waals surface area contributed by atoms with E-state index in [1.165, 1.54) is 65.1 Å². The number of likely N-dealkylation sites (N-methyl/N-ethyl adjacent to an activating group) is 1. The molecule has 592 valence electrons. The van der Waals surface area contributed by atoms with Gasteiger partial charge in [-0.3, -0.25) is 96.2 Å². The molecule has 0 radical (unpaired) electrons. The number of amides is 9. The van der Waals surface area contributed by atoms with E-state index in [0.29, 0.717) is 21.8 Å². The van der Waals surface area contributed by atoms with E-state index in [4.69, 9.17) is 18.9 Å². The third kappa shape index (κ3) is 25.4. The van der Waals surface area contributed by atoms with Gasteiger partial charge >= 0.3 is 17.9 Å². The van der Waals surface area contributed by atoms with Gasteiger partial charge < -0.3 is 50.2 Å². The molecule has 31 nitrogen and oxygen atoms in total. The lowest BCUT2D eigenvalue weighted by atomic mass is 9.81. The molecule has 3 aliphatic rings. The molecule has 32 heteroatoms. The predicted molar refractivity (Wildman–Crippen MR) is 392 cm³/mol. The lowest BCUT2D eigenvalue weighted by Gasteiger charge is -2.38. The van der Waals surface area contributed by atoms with Crippen LogP contribution in [0.1, 0.15) is 187 Å². The quantitative estimate of drug-likeness (QED) is 0.0575. The van der Waals surface area contributed by atoms with Gasteiger partial charge in [-0.05, 0) is 97.0 Å². The number of aromatic nitrogens is 1. The maximum absolute atomic E-state index is 14.5. The van der Waals surface area contributed by atoms with Gasteiger partial charge in [0.2, 0.25) is 23.6 Å². The summed E-state index contributed by atoms with van der Waals surface area (Å²) in [7, 11) is 5.26. The Bertz CT molecular complexity index is 3730. The number of carbonyl (C=O) groups excluding carboxylic acids is 16. The molecule has 5 N–H and O–H groups in total. The molecule has 7 unspecified atom stereocenters. The highest BCUT2D eigenvalue weighted by atomic mass is 32.1. The van der Waals surface area contributed by atoms with Crippen molar-refractivity contribution in [2.24, 2.45) is 35.5 Å². The van der Waals surface area contributed by atoms with E-state index >= 15 is 0 Å². The fraction of sp³-hybridized carbons (Fsp3) is 0.605. The second kappa shape index (κ2) is 41.2. The normalized spacial score (nSPS) is 22.6. The highest BCUT2D eigenvalue weighted by molar-refractivity contribution is 7.09. The van der Waals surface area contributed by atoms with Crippen molar-refractivity contribution in [3.63, 3.8) is 0 Å². The highest BCUT2D eigenvalue weighted by Crippen LogP contribution is 2.35. The number of thiazole rings is 1. The van der Waals surface area contributed by atoms with Gasteiger partial charge in [-0.1, -0.05) is 61.0 Å². The van der Waals surface area contributed by atoms with Gasteiger partial charge in [0.1, 0.15) is 22.8 Å². The van der Waals surface area contributed by atoms with Crippen molar-refractivity contribution in [3.8, 4) is 5.75 Å². The summed E-state index contributed by atoms with van der Waals surface area (Å²) in [6.45, 7) is 18.8. The number of carboxylic acids is 1. The molecule has 108 heavy (non-hydrogen) atoms. The molecule has 0 fully saturated rings. The zero-order chi connectivity index (χ0) is 80.8. The number of imide groups is 2. The van der Waals surface area contributed by atoms with Gasteiger partial charge in [0, 0.05) is 132 Å². The second-order valence-corrected chi connectivity index (χ2v) is 30.0. The summed E-state index contributed by atoms with van der Waals surface area (Å²) in [5.41, 5.74) is -0.707. The first-order chi connectivity index (χ1) is 50.7. The number of aliphatic carboxylic acids is 1. The van der Waals surface area contributed by atoms with Crippen LogP contribution in [-0.2, 0) is 97.3 Å². The average molecular weight is 1530 g/mol. The van der Waals surface area contributed by atoms with Crippen molar-refractivity contribution >= 4 is 117 Å². The minimum Gasteiger partial charge on any atom is -0.481 e. The minimum atomic E-state index is -1.94. The van der Waals surface area contributed by atoms with Crippen LogP contribution < -0.4 is 26.0 Å². The van der Waals surface area contributed by atoms with Crippen molar-refractivity contribution in [2.45, 2.75) is 214 Å². The second-order valence-electron chi connectivity index (χ2n) is 29.1. The molecule has 3 aliphatic heterocycles. The van der Waals surface area contributed by atoms with Crippen LogP contribution in [0, 0.1) is 35.5 Å². The lowest BCUT2D eigenvalue weighted by molar-refractivity contribution is -0.156. The number of benzene rings is 1. The molecule has 0 aliphatic carbocycles. The topological polar surface area (TPSA) is 421 Å². The first-order valence-corrected chi connectivity index (χ1v) is 37.3. The first-order valence-electron chi connectivity index (χ1n) is 36.4. The number of carboxylic acid groups (broad SMARTS) is 1. The summed E-state index contributed by atoms with van der Waals surface area (Å²) >= 11 is 1.02. The Labute approximate surface area is 633 Å². The molecule has 5 rings (SSSR count). The minimum absolute atomic E-state index is 0.00383. The van der Waals surface area contributed by atoms with Gasteiger partial charge in [0.05, 0.1) is 48.4 Å². The Kier molecular flexibility index (Phi) is 34.1. The van der Waals surface area contributed by atoms with E-state index in [1.807, 2.05) is 27.7 Å². The summed E-state index contributed by atoms with van der Waals surface area (Å²) in [6.07, 6.45) is 0.403. The zero-order valence-corrected chi connectivity index (χ0v) is 65.1. The van der Waals surface area contributed by atoms with E-state index in [2.05, 4.69) is 26.3 Å².